The Bertz CT molecular complexity index is 257. The zero-order valence-corrected chi connectivity index (χ0v) is 11.6. The quantitative estimate of drug-likeness (QED) is 0.708. The molecule has 0 unspecified atom stereocenters. The molecule has 2 heterocycles. The summed E-state index contributed by atoms with van der Waals surface area (Å²) in [5.74, 6) is 1.05. The van der Waals surface area contributed by atoms with Crippen LogP contribution in [-0.2, 0) is 9.53 Å². The molecule has 0 N–H and O–H groups in total. The molecule has 2 aliphatic rings. The van der Waals surface area contributed by atoms with Crippen LogP contribution in [0.2, 0.25) is 0 Å². The lowest BCUT2D eigenvalue weighted by atomic mass is 9.96. The van der Waals surface area contributed by atoms with Gasteiger partial charge in [0.15, 0.2) is 5.78 Å². The van der Waals surface area contributed by atoms with E-state index in [4.69, 9.17) is 4.74 Å². The molecule has 2 aliphatic heterocycles. The van der Waals surface area contributed by atoms with Gasteiger partial charge in [0.25, 0.3) is 0 Å². The van der Waals surface area contributed by atoms with Gasteiger partial charge in [-0.1, -0.05) is 0 Å². The summed E-state index contributed by atoms with van der Waals surface area (Å²) in [6, 6.07) is 0. The van der Waals surface area contributed by atoms with E-state index in [1.807, 2.05) is 0 Å². The van der Waals surface area contributed by atoms with Crippen molar-refractivity contribution in [1.29, 1.82) is 0 Å². The number of carbonyl (C=O) groups excluding carboxylic acids is 1. The zero-order chi connectivity index (χ0) is 12.8. The number of methoxy groups -OCH3 is 1. The maximum atomic E-state index is 11.5. The first-order valence-corrected chi connectivity index (χ1v) is 7.23. The zero-order valence-electron chi connectivity index (χ0n) is 11.6. The highest BCUT2D eigenvalue weighted by Gasteiger charge is 2.23. The highest BCUT2D eigenvalue weighted by atomic mass is 16.5. The lowest BCUT2D eigenvalue weighted by Crippen LogP contribution is -2.41. The van der Waals surface area contributed by atoms with Gasteiger partial charge in [0.05, 0.1) is 6.54 Å². The summed E-state index contributed by atoms with van der Waals surface area (Å²) in [5.41, 5.74) is 0. The van der Waals surface area contributed by atoms with Crippen LogP contribution in [0.25, 0.3) is 0 Å². The van der Waals surface area contributed by atoms with Gasteiger partial charge in [-0.2, -0.15) is 0 Å². The van der Waals surface area contributed by atoms with Crippen molar-refractivity contribution in [3.63, 3.8) is 0 Å². The number of hydrogen-bond acceptors (Lipinski definition) is 4. The van der Waals surface area contributed by atoms with Crippen molar-refractivity contribution in [1.82, 2.24) is 9.80 Å². The third-order valence-corrected chi connectivity index (χ3v) is 4.13. The third-order valence-electron chi connectivity index (χ3n) is 4.13. The monoisotopic (exact) mass is 254 g/mol. The standard InChI is InChI=1S/C14H26N2O2/c1-18-12-14(17)11-16-8-4-13(5-9-16)10-15-6-2-3-7-15/h13H,2-12H2,1H3. The smallest absolute Gasteiger partial charge is 0.172 e. The molecule has 0 aromatic heterocycles. The SMILES string of the molecule is COCC(=O)CN1CCC(CN2CCCC2)CC1. The predicted molar refractivity (Wildman–Crippen MR) is 71.7 cm³/mol. The largest absolute Gasteiger partial charge is 0.377 e. The number of likely N-dealkylation sites (tertiary alicyclic amines) is 2. The van der Waals surface area contributed by atoms with E-state index in [2.05, 4.69) is 9.80 Å². The van der Waals surface area contributed by atoms with Crippen LogP contribution in [0.5, 0.6) is 0 Å². The average molecular weight is 254 g/mol. The molecule has 0 aromatic rings. The van der Waals surface area contributed by atoms with Crippen LogP contribution in [0.3, 0.4) is 0 Å². The molecule has 0 bridgehead atoms. The number of Topliss-reactive ketones (excluding diaryl/α,β-unsaturated/α-hetero) is 1. The molecule has 2 saturated heterocycles. The molecule has 4 nitrogen and oxygen atoms in total. The van der Waals surface area contributed by atoms with Crippen LogP contribution in [0.4, 0.5) is 0 Å². The Balaban J connectivity index is 1.63. The van der Waals surface area contributed by atoms with Gasteiger partial charge in [-0.15, -0.1) is 0 Å². The molecule has 0 spiro atoms. The normalized spacial score (nSPS) is 23.6. The van der Waals surface area contributed by atoms with Crippen LogP contribution in [0.15, 0.2) is 0 Å². The maximum absolute atomic E-state index is 11.5. The Labute approximate surface area is 110 Å². The minimum Gasteiger partial charge on any atom is -0.377 e. The highest BCUT2D eigenvalue weighted by Crippen LogP contribution is 2.20. The van der Waals surface area contributed by atoms with Crippen molar-refractivity contribution >= 4 is 5.78 Å². The maximum Gasteiger partial charge on any atom is 0.172 e. The van der Waals surface area contributed by atoms with E-state index in [1.165, 1.54) is 45.3 Å². The predicted octanol–water partition coefficient (Wildman–Crippen LogP) is 1.01. The third kappa shape index (κ3) is 4.34. The van der Waals surface area contributed by atoms with E-state index in [0.29, 0.717) is 6.54 Å². The Morgan fingerprint density at radius 3 is 2.39 bits per heavy atom. The summed E-state index contributed by atoms with van der Waals surface area (Å²) in [6.45, 7) is 6.86. The number of rotatable bonds is 6. The van der Waals surface area contributed by atoms with Crippen LogP contribution in [0, 0.1) is 5.92 Å². The topological polar surface area (TPSA) is 32.8 Å². The molecular formula is C14H26N2O2. The molecular weight excluding hydrogens is 228 g/mol. The second-order valence-corrected chi connectivity index (χ2v) is 5.70. The summed E-state index contributed by atoms with van der Waals surface area (Å²) >= 11 is 0. The molecule has 4 heteroatoms. The second-order valence-electron chi connectivity index (χ2n) is 5.70. The molecule has 0 amide bonds. The van der Waals surface area contributed by atoms with Crippen molar-refractivity contribution in [2.45, 2.75) is 25.7 Å². The van der Waals surface area contributed by atoms with Crippen LogP contribution < -0.4 is 0 Å². The fraction of sp³-hybridized carbons (Fsp3) is 0.929. The van der Waals surface area contributed by atoms with Crippen molar-refractivity contribution in [2.24, 2.45) is 5.92 Å². The van der Waals surface area contributed by atoms with Gasteiger partial charge in [0.1, 0.15) is 6.61 Å². The Morgan fingerprint density at radius 2 is 1.78 bits per heavy atom. The number of ketones is 1. The fourth-order valence-corrected chi connectivity index (χ4v) is 3.11. The van der Waals surface area contributed by atoms with Crippen molar-refractivity contribution < 1.29 is 9.53 Å². The average Bonchev–Trinajstić information content (AvgIpc) is 2.85. The summed E-state index contributed by atoms with van der Waals surface area (Å²) in [6.07, 6.45) is 5.25. The van der Waals surface area contributed by atoms with Crippen molar-refractivity contribution in [3.8, 4) is 0 Å². The first-order valence-electron chi connectivity index (χ1n) is 7.23. The van der Waals surface area contributed by atoms with Crippen LogP contribution in [-0.4, -0.2) is 68.6 Å². The molecule has 0 saturated carbocycles. The molecule has 104 valence electrons. The summed E-state index contributed by atoms with van der Waals surface area (Å²) in [4.78, 5) is 16.4. The highest BCUT2D eigenvalue weighted by molar-refractivity contribution is 5.81. The van der Waals surface area contributed by atoms with Crippen molar-refractivity contribution in [3.05, 3.63) is 0 Å². The second kappa shape index (κ2) is 7.22. The lowest BCUT2D eigenvalue weighted by Gasteiger charge is -2.33. The first-order chi connectivity index (χ1) is 8.78. The Kier molecular flexibility index (Phi) is 5.60. The van der Waals surface area contributed by atoms with Gasteiger partial charge >= 0.3 is 0 Å². The molecule has 18 heavy (non-hydrogen) atoms. The first kappa shape index (κ1) is 14.0. The number of piperidine rings is 1. The lowest BCUT2D eigenvalue weighted by molar-refractivity contribution is -0.124. The van der Waals surface area contributed by atoms with Gasteiger partial charge in [-0.25, -0.2) is 0 Å². The Morgan fingerprint density at radius 1 is 1.11 bits per heavy atom. The van der Waals surface area contributed by atoms with Gasteiger partial charge in [-0.3, -0.25) is 9.69 Å². The van der Waals surface area contributed by atoms with E-state index < -0.39 is 0 Å². The van der Waals surface area contributed by atoms with E-state index in [1.54, 1.807) is 7.11 Å². The van der Waals surface area contributed by atoms with Crippen molar-refractivity contribution in [2.75, 3.05) is 53.0 Å². The number of nitrogens with zero attached hydrogens (tertiary/aromatic N) is 2. The van der Waals surface area contributed by atoms with E-state index in [-0.39, 0.29) is 12.4 Å². The molecule has 0 aromatic carbocycles. The van der Waals surface area contributed by atoms with E-state index in [0.717, 1.165) is 19.0 Å². The number of ether oxygens (including phenoxy) is 1. The van der Waals surface area contributed by atoms with Gasteiger partial charge in [0.2, 0.25) is 0 Å². The minimum absolute atomic E-state index is 0.204. The number of hydrogen-bond donors (Lipinski definition) is 0. The molecule has 2 fully saturated rings. The molecule has 0 radical (unpaired) electrons. The molecule has 2 rings (SSSR count). The van der Waals surface area contributed by atoms with Gasteiger partial charge in [0, 0.05) is 13.7 Å². The summed E-state index contributed by atoms with van der Waals surface area (Å²) < 4.78 is 4.87. The minimum atomic E-state index is 0.204. The molecule has 0 aliphatic carbocycles. The number of carbonyl (C=O) groups is 1. The Hall–Kier alpha value is -0.450. The van der Waals surface area contributed by atoms with E-state index in [9.17, 15) is 4.79 Å². The van der Waals surface area contributed by atoms with Gasteiger partial charge < -0.3 is 9.64 Å². The summed E-state index contributed by atoms with van der Waals surface area (Å²) in [5, 5.41) is 0. The van der Waals surface area contributed by atoms with Gasteiger partial charge in [-0.05, 0) is 57.8 Å². The fourth-order valence-electron chi connectivity index (χ4n) is 3.11. The van der Waals surface area contributed by atoms with Crippen LogP contribution >= 0.6 is 0 Å². The molecule has 0 atom stereocenters. The summed E-state index contributed by atoms with van der Waals surface area (Å²) in [7, 11) is 1.58. The van der Waals surface area contributed by atoms with E-state index >= 15 is 0 Å². The van der Waals surface area contributed by atoms with Crippen LogP contribution in [0.1, 0.15) is 25.7 Å².